The number of carbonyl (C=O) groups excluding carboxylic acids is 1. The molecule has 1 aromatic heterocycles. The Kier molecular flexibility index (Phi) is 7.12. The van der Waals surface area contributed by atoms with Crippen molar-refractivity contribution in [3.63, 3.8) is 0 Å². The molecule has 1 fully saturated rings. The van der Waals surface area contributed by atoms with Gasteiger partial charge in [0, 0.05) is 31.8 Å². The monoisotopic (exact) mass is 458 g/mol. The van der Waals surface area contributed by atoms with Crippen LogP contribution in [0.3, 0.4) is 0 Å². The van der Waals surface area contributed by atoms with Gasteiger partial charge in [0.1, 0.15) is 0 Å². The summed E-state index contributed by atoms with van der Waals surface area (Å²) in [7, 11) is -0.513. The van der Waals surface area contributed by atoms with Crippen LogP contribution in [0.5, 0.6) is 0 Å². The number of aryl methyl sites for hydroxylation is 1. The molecule has 1 saturated carbocycles. The second kappa shape index (κ2) is 9.42. The Hall–Kier alpha value is -2.01. The lowest BCUT2D eigenvalue weighted by molar-refractivity contribution is 0.0321. The molecule has 1 aromatic carbocycles. The lowest BCUT2D eigenvalue weighted by Crippen LogP contribution is -2.45. The zero-order valence-corrected chi connectivity index (χ0v) is 18.3. The fourth-order valence-corrected chi connectivity index (χ4v) is 5.15. The van der Waals surface area contributed by atoms with Gasteiger partial charge in [-0.1, -0.05) is 24.4 Å². The van der Waals surface area contributed by atoms with E-state index in [4.69, 9.17) is 16.3 Å². The normalized spacial score (nSPS) is 19.6. The molecule has 1 heterocycles. The Balaban J connectivity index is 1.71. The average molecular weight is 459 g/mol. The number of amides is 1. The van der Waals surface area contributed by atoms with Crippen LogP contribution in [-0.2, 0) is 21.8 Å². The van der Waals surface area contributed by atoms with E-state index in [-0.39, 0.29) is 22.8 Å². The quantitative estimate of drug-likeness (QED) is 0.621. The van der Waals surface area contributed by atoms with Crippen molar-refractivity contribution in [2.45, 2.75) is 31.8 Å². The topological polar surface area (TPSA) is 102 Å². The minimum atomic E-state index is -3.84. The molecule has 0 radical (unpaired) electrons. The summed E-state index contributed by atoms with van der Waals surface area (Å²) in [4.78, 5) is 18.7. The Morgan fingerprint density at radius 1 is 1.37 bits per heavy atom. The molecule has 1 aliphatic rings. The number of hydrogen-bond acceptors (Lipinski definition) is 5. The molecule has 0 aliphatic heterocycles. The van der Waals surface area contributed by atoms with Crippen molar-refractivity contribution in [3.8, 4) is 11.3 Å². The summed E-state index contributed by atoms with van der Waals surface area (Å²) >= 11 is 5.93. The third-order valence-electron chi connectivity index (χ3n) is 5.17. The maximum atomic E-state index is 14.4. The van der Waals surface area contributed by atoms with Crippen LogP contribution in [0.15, 0.2) is 24.7 Å². The summed E-state index contributed by atoms with van der Waals surface area (Å²) in [5.41, 5.74) is 2.61. The van der Waals surface area contributed by atoms with Crippen molar-refractivity contribution in [2.24, 2.45) is 13.0 Å². The number of rotatable bonds is 7. The fourth-order valence-electron chi connectivity index (χ4n) is 3.65. The van der Waals surface area contributed by atoms with E-state index in [1.165, 1.54) is 12.1 Å². The van der Waals surface area contributed by atoms with E-state index in [0.717, 1.165) is 25.7 Å². The predicted molar refractivity (Wildman–Crippen MR) is 111 cm³/mol. The van der Waals surface area contributed by atoms with Crippen molar-refractivity contribution < 1.29 is 22.3 Å². The molecule has 0 unspecified atom stereocenters. The number of aromatic nitrogens is 2. The lowest BCUT2D eigenvalue weighted by Gasteiger charge is -2.30. The van der Waals surface area contributed by atoms with Crippen molar-refractivity contribution >= 4 is 27.5 Å². The smallest absolute Gasteiger partial charge is 0.269 e. The zero-order valence-electron chi connectivity index (χ0n) is 16.7. The minimum absolute atomic E-state index is 0.141. The molecule has 2 N–H and O–H groups in total. The highest BCUT2D eigenvalue weighted by atomic mass is 35.5. The van der Waals surface area contributed by atoms with Crippen LogP contribution in [-0.4, -0.2) is 42.8 Å². The Morgan fingerprint density at radius 3 is 2.77 bits per heavy atom. The number of carbonyl (C=O) groups is 1. The highest BCUT2D eigenvalue weighted by Gasteiger charge is 2.30. The van der Waals surface area contributed by atoms with Gasteiger partial charge in [-0.25, -0.2) is 17.8 Å². The van der Waals surface area contributed by atoms with Gasteiger partial charge in [-0.3, -0.25) is 10.2 Å². The molecule has 164 valence electrons. The first-order valence-corrected chi connectivity index (χ1v) is 11.5. The van der Waals surface area contributed by atoms with E-state index in [9.17, 15) is 17.6 Å². The van der Waals surface area contributed by atoms with Gasteiger partial charge in [0.2, 0.25) is 10.0 Å². The summed E-state index contributed by atoms with van der Waals surface area (Å²) in [5.74, 6) is -2.26. The van der Waals surface area contributed by atoms with E-state index >= 15 is 0 Å². The van der Waals surface area contributed by atoms with E-state index < -0.39 is 27.3 Å². The molecule has 1 aliphatic carbocycles. The van der Waals surface area contributed by atoms with E-state index in [1.54, 1.807) is 31.2 Å². The number of halogens is 2. The number of benzene rings is 1. The molecular weight excluding hydrogens is 435 g/mol. The first-order valence-electron chi connectivity index (χ1n) is 9.50. The summed E-state index contributed by atoms with van der Waals surface area (Å²) in [6.45, 7) is 0. The standard InChI is InChI=1S/C19H24ClFN4O4S/c1-25-9-16(22-11-25)13-7-14(18(21)15(20)8-13)19(26)23-24-30(27,28)10-12-5-3-4-6-17(12)29-2/h7-9,11-12,17,24H,3-6,10H2,1-2H3,(H,23,26)/t12-,17-/m1/s1. The lowest BCUT2D eigenvalue weighted by atomic mass is 9.88. The molecule has 1 amide bonds. The largest absolute Gasteiger partial charge is 0.381 e. The molecule has 30 heavy (non-hydrogen) atoms. The van der Waals surface area contributed by atoms with Gasteiger partial charge < -0.3 is 9.30 Å². The summed E-state index contributed by atoms with van der Waals surface area (Å²) in [6.07, 6.45) is 6.54. The van der Waals surface area contributed by atoms with Crippen LogP contribution in [0.1, 0.15) is 36.0 Å². The molecule has 3 rings (SSSR count). The molecule has 0 spiro atoms. The SMILES string of the molecule is CO[C@@H]1CCCC[C@@H]1CS(=O)(=O)NNC(=O)c1cc(-c2cn(C)cn2)cc(Cl)c1F. The number of ether oxygens (including phenoxy) is 1. The van der Waals surface area contributed by atoms with Crippen molar-refractivity contribution in [1.82, 2.24) is 19.8 Å². The maximum absolute atomic E-state index is 14.4. The Bertz CT molecular complexity index is 1030. The average Bonchev–Trinajstić information content (AvgIpc) is 3.14. The summed E-state index contributed by atoms with van der Waals surface area (Å²) < 4.78 is 46.4. The third kappa shape index (κ3) is 5.37. The first kappa shape index (κ1) is 22.7. The fraction of sp³-hybridized carbons (Fsp3) is 0.474. The van der Waals surface area contributed by atoms with Gasteiger partial charge >= 0.3 is 0 Å². The number of imidazole rings is 1. The van der Waals surface area contributed by atoms with Crippen LogP contribution < -0.4 is 10.3 Å². The number of methoxy groups -OCH3 is 1. The second-order valence-electron chi connectivity index (χ2n) is 7.40. The molecule has 8 nitrogen and oxygen atoms in total. The Labute approximate surface area is 179 Å². The van der Waals surface area contributed by atoms with E-state index in [0.29, 0.717) is 11.3 Å². The van der Waals surface area contributed by atoms with Gasteiger partial charge in [0.15, 0.2) is 5.82 Å². The highest BCUT2D eigenvalue weighted by Crippen LogP contribution is 2.28. The predicted octanol–water partition coefficient (Wildman–Crippen LogP) is 2.65. The van der Waals surface area contributed by atoms with Crippen molar-refractivity contribution in [3.05, 3.63) is 41.1 Å². The van der Waals surface area contributed by atoms with Crippen LogP contribution in [0.4, 0.5) is 4.39 Å². The molecule has 11 heteroatoms. The van der Waals surface area contributed by atoms with Gasteiger partial charge in [-0.05, 0) is 25.0 Å². The number of nitrogens with one attached hydrogen (secondary N) is 2. The van der Waals surface area contributed by atoms with E-state index in [1.807, 2.05) is 4.83 Å². The van der Waals surface area contributed by atoms with Gasteiger partial charge in [-0.15, -0.1) is 4.83 Å². The Morgan fingerprint density at radius 2 is 2.10 bits per heavy atom. The summed E-state index contributed by atoms with van der Waals surface area (Å²) in [6, 6.07) is 2.63. The number of hydrogen-bond donors (Lipinski definition) is 2. The highest BCUT2D eigenvalue weighted by molar-refractivity contribution is 7.89. The summed E-state index contributed by atoms with van der Waals surface area (Å²) in [5, 5.41) is -0.267. The molecule has 0 bridgehead atoms. The zero-order chi connectivity index (χ0) is 21.9. The molecule has 2 aromatic rings. The van der Waals surface area contributed by atoms with Crippen molar-refractivity contribution in [2.75, 3.05) is 12.9 Å². The molecular formula is C19H24ClFN4O4S. The molecule has 2 atom stereocenters. The van der Waals surface area contributed by atoms with Gasteiger partial charge in [0.25, 0.3) is 5.91 Å². The number of hydrazine groups is 1. The second-order valence-corrected chi connectivity index (χ2v) is 9.57. The minimum Gasteiger partial charge on any atom is -0.381 e. The number of sulfonamides is 1. The third-order valence-corrected chi connectivity index (χ3v) is 6.72. The van der Waals surface area contributed by atoms with Crippen LogP contribution in [0.25, 0.3) is 11.3 Å². The van der Waals surface area contributed by atoms with Gasteiger partial charge in [0.05, 0.1) is 34.5 Å². The van der Waals surface area contributed by atoms with Crippen molar-refractivity contribution in [1.29, 1.82) is 0 Å². The first-order chi connectivity index (χ1) is 14.2. The van der Waals surface area contributed by atoms with Gasteiger partial charge in [-0.2, -0.15) is 0 Å². The van der Waals surface area contributed by atoms with E-state index in [2.05, 4.69) is 10.4 Å². The molecule has 0 saturated heterocycles. The van der Waals surface area contributed by atoms with Crippen LogP contribution >= 0.6 is 11.6 Å². The number of nitrogens with zero attached hydrogens (tertiary/aromatic N) is 2. The maximum Gasteiger partial charge on any atom is 0.269 e. The van der Waals surface area contributed by atoms with Crippen LogP contribution in [0.2, 0.25) is 5.02 Å². The van der Waals surface area contributed by atoms with Crippen LogP contribution in [0, 0.1) is 11.7 Å².